The standard InChI is InChI=1S/C33H45N3O6S/c1-32(2,3)41-30(39)25(20-22-14-9-7-10-15-22)34-28(37)27(23-16-11-8-12-17-23)36(24-18-13-19-24)29(38)26(21-43)35-31(40)42-33(4,5)6/h7-12,14-17,24-27,43H,13,18-21H2,1-6H3,(H,34,37)(H,35,40). The first-order chi connectivity index (χ1) is 20.2. The van der Waals surface area contributed by atoms with E-state index in [1.54, 1.807) is 70.7 Å². The number of carbonyl (C=O) groups excluding carboxylic acids is 4. The van der Waals surface area contributed by atoms with E-state index in [4.69, 9.17) is 9.47 Å². The van der Waals surface area contributed by atoms with Gasteiger partial charge in [0, 0.05) is 18.2 Å². The third kappa shape index (κ3) is 10.3. The Morgan fingerprint density at radius 1 is 0.837 bits per heavy atom. The lowest BCUT2D eigenvalue weighted by atomic mass is 9.88. The van der Waals surface area contributed by atoms with E-state index in [1.165, 1.54) is 0 Å². The molecule has 10 heteroatoms. The second-order valence-corrected chi connectivity index (χ2v) is 13.2. The first-order valence-electron chi connectivity index (χ1n) is 14.7. The SMILES string of the molecule is CC(C)(C)OC(=O)NC(CS)C(=O)N(C1CCC1)C(C(=O)NC(Cc1ccccc1)C(=O)OC(C)(C)C)c1ccccc1. The molecule has 3 amide bonds. The third-order valence-electron chi connectivity index (χ3n) is 6.83. The molecule has 0 heterocycles. The van der Waals surface area contributed by atoms with Crippen LogP contribution in [0.3, 0.4) is 0 Å². The lowest BCUT2D eigenvalue weighted by Crippen LogP contribution is -2.59. The summed E-state index contributed by atoms with van der Waals surface area (Å²) in [6, 6.07) is 15.0. The van der Waals surface area contributed by atoms with Gasteiger partial charge in [-0.05, 0) is 71.9 Å². The van der Waals surface area contributed by atoms with Crippen LogP contribution in [-0.2, 0) is 30.3 Å². The first-order valence-corrected chi connectivity index (χ1v) is 15.4. The number of thiol groups is 1. The number of hydrogen-bond donors (Lipinski definition) is 3. The lowest BCUT2D eigenvalue weighted by Gasteiger charge is -2.43. The molecule has 2 N–H and O–H groups in total. The summed E-state index contributed by atoms with van der Waals surface area (Å²) in [4.78, 5) is 56.0. The molecule has 234 valence electrons. The molecule has 3 atom stereocenters. The number of nitrogens with zero attached hydrogens (tertiary/aromatic N) is 1. The summed E-state index contributed by atoms with van der Waals surface area (Å²) >= 11 is 4.36. The zero-order chi connectivity index (χ0) is 31.8. The number of esters is 1. The average molecular weight is 612 g/mol. The van der Waals surface area contributed by atoms with Gasteiger partial charge >= 0.3 is 12.1 Å². The maximum absolute atomic E-state index is 14.3. The number of ether oxygens (including phenoxy) is 2. The zero-order valence-electron chi connectivity index (χ0n) is 26.0. The predicted molar refractivity (Wildman–Crippen MR) is 169 cm³/mol. The molecule has 0 bridgehead atoms. The van der Waals surface area contributed by atoms with Gasteiger partial charge in [-0.1, -0.05) is 60.7 Å². The minimum Gasteiger partial charge on any atom is -0.458 e. The van der Waals surface area contributed by atoms with Crippen LogP contribution < -0.4 is 10.6 Å². The molecule has 1 fully saturated rings. The summed E-state index contributed by atoms with van der Waals surface area (Å²) < 4.78 is 11.1. The van der Waals surface area contributed by atoms with Crippen molar-refractivity contribution >= 4 is 36.5 Å². The fourth-order valence-corrected chi connectivity index (χ4v) is 4.99. The van der Waals surface area contributed by atoms with Crippen molar-refractivity contribution in [1.29, 1.82) is 0 Å². The van der Waals surface area contributed by atoms with Crippen molar-refractivity contribution < 1.29 is 28.7 Å². The molecule has 9 nitrogen and oxygen atoms in total. The molecule has 1 aliphatic carbocycles. The van der Waals surface area contributed by atoms with Crippen LogP contribution >= 0.6 is 12.6 Å². The molecule has 2 aromatic rings. The number of nitrogens with one attached hydrogen (secondary N) is 2. The van der Waals surface area contributed by atoms with Crippen LogP contribution in [0.25, 0.3) is 0 Å². The van der Waals surface area contributed by atoms with E-state index in [9.17, 15) is 19.2 Å². The van der Waals surface area contributed by atoms with Crippen LogP contribution in [0.4, 0.5) is 4.79 Å². The van der Waals surface area contributed by atoms with Crippen molar-refractivity contribution in [2.45, 2.75) is 103 Å². The molecular weight excluding hydrogens is 566 g/mol. The molecule has 0 aromatic heterocycles. The highest BCUT2D eigenvalue weighted by Gasteiger charge is 2.42. The molecule has 0 aliphatic heterocycles. The Hall–Kier alpha value is -3.53. The van der Waals surface area contributed by atoms with Gasteiger partial charge < -0.3 is 25.0 Å². The van der Waals surface area contributed by atoms with Gasteiger partial charge in [-0.2, -0.15) is 12.6 Å². The van der Waals surface area contributed by atoms with Gasteiger partial charge in [0.1, 0.15) is 29.3 Å². The molecule has 1 aliphatic rings. The van der Waals surface area contributed by atoms with Gasteiger partial charge in [-0.3, -0.25) is 9.59 Å². The van der Waals surface area contributed by atoms with Crippen LogP contribution in [0.2, 0.25) is 0 Å². The van der Waals surface area contributed by atoms with E-state index in [2.05, 4.69) is 23.3 Å². The van der Waals surface area contributed by atoms with Crippen molar-refractivity contribution in [3.05, 3.63) is 71.8 Å². The van der Waals surface area contributed by atoms with Crippen LogP contribution in [0.5, 0.6) is 0 Å². The Labute approximate surface area is 260 Å². The second kappa shape index (κ2) is 14.8. The largest absolute Gasteiger partial charge is 0.458 e. The summed E-state index contributed by atoms with van der Waals surface area (Å²) in [5.41, 5.74) is -0.0999. The molecule has 1 saturated carbocycles. The maximum atomic E-state index is 14.3. The monoisotopic (exact) mass is 611 g/mol. The van der Waals surface area contributed by atoms with E-state index in [0.717, 1.165) is 12.0 Å². The van der Waals surface area contributed by atoms with Gasteiger partial charge in [0.05, 0.1) is 0 Å². The van der Waals surface area contributed by atoms with E-state index in [-0.39, 0.29) is 18.2 Å². The Balaban J connectivity index is 1.98. The van der Waals surface area contributed by atoms with E-state index in [1.807, 2.05) is 36.4 Å². The second-order valence-electron chi connectivity index (χ2n) is 12.8. The highest BCUT2D eigenvalue weighted by molar-refractivity contribution is 7.80. The summed E-state index contributed by atoms with van der Waals surface area (Å²) in [6.07, 6.45) is 1.76. The number of benzene rings is 2. The van der Waals surface area contributed by atoms with E-state index in [0.29, 0.717) is 18.4 Å². The van der Waals surface area contributed by atoms with Gasteiger partial charge in [0.25, 0.3) is 0 Å². The van der Waals surface area contributed by atoms with Crippen LogP contribution in [0.15, 0.2) is 60.7 Å². The number of hydrogen-bond acceptors (Lipinski definition) is 7. The molecule has 0 radical (unpaired) electrons. The predicted octanol–water partition coefficient (Wildman–Crippen LogP) is 5.00. The number of amides is 3. The Bertz CT molecular complexity index is 1240. The molecule has 0 saturated heterocycles. The lowest BCUT2D eigenvalue weighted by molar-refractivity contribution is -0.159. The van der Waals surface area contributed by atoms with E-state index >= 15 is 0 Å². The number of alkyl carbamates (subject to hydrolysis) is 1. The molecule has 3 rings (SSSR count). The number of carbonyl (C=O) groups is 4. The molecule has 0 spiro atoms. The van der Waals surface area contributed by atoms with Crippen molar-refractivity contribution in [3.8, 4) is 0 Å². The highest BCUT2D eigenvalue weighted by atomic mass is 32.1. The van der Waals surface area contributed by atoms with Gasteiger partial charge in [0.15, 0.2) is 0 Å². The molecule has 2 aromatic carbocycles. The normalized spacial score (nSPS) is 15.7. The summed E-state index contributed by atoms with van der Waals surface area (Å²) in [6.45, 7) is 10.5. The maximum Gasteiger partial charge on any atom is 0.408 e. The smallest absolute Gasteiger partial charge is 0.408 e. The zero-order valence-corrected chi connectivity index (χ0v) is 26.9. The van der Waals surface area contributed by atoms with E-state index < -0.39 is 53.2 Å². The number of rotatable bonds is 11. The van der Waals surface area contributed by atoms with Gasteiger partial charge in [0.2, 0.25) is 11.8 Å². The third-order valence-corrected chi connectivity index (χ3v) is 7.19. The summed E-state index contributed by atoms with van der Waals surface area (Å²) in [5.74, 6) is -1.54. The fraction of sp³-hybridized carbons (Fsp3) is 0.515. The summed E-state index contributed by atoms with van der Waals surface area (Å²) in [7, 11) is 0. The minimum atomic E-state index is -1.07. The van der Waals surface area contributed by atoms with Gasteiger partial charge in [-0.15, -0.1) is 0 Å². The van der Waals surface area contributed by atoms with Crippen LogP contribution in [-0.4, -0.2) is 63.9 Å². The highest BCUT2D eigenvalue weighted by Crippen LogP contribution is 2.34. The average Bonchev–Trinajstić information content (AvgIpc) is 2.89. The molecular formula is C33H45N3O6S. The Morgan fingerprint density at radius 2 is 1.40 bits per heavy atom. The Kier molecular flexibility index (Phi) is 11.7. The molecule has 3 unspecified atom stereocenters. The van der Waals surface area contributed by atoms with Crippen LogP contribution in [0, 0.1) is 0 Å². The van der Waals surface area contributed by atoms with Crippen molar-refractivity contribution in [2.75, 3.05) is 5.75 Å². The summed E-state index contributed by atoms with van der Waals surface area (Å²) in [5, 5.41) is 5.55. The fourth-order valence-electron chi connectivity index (χ4n) is 4.74. The van der Waals surface area contributed by atoms with Crippen molar-refractivity contribution in [2.24, 2.45) is 0 Å². The quantitative estimate of drug-likeness (QED) is 0.244. The first kappa shape index (κ1) is 34.0. The topological polar surface area (TPSA) is 114 Å². The van der Waals surface area contributed by atoms with Crippen molar-refractivity contribution in [3.63, 3.8) is 0 Å². The van der Waals surface area contributed by atoms with Gasteiger partial charge in [-0.25, -0.2) is 9.59 Å². The van der Waals surface area contributed by atoms with Crippen molar-refractivity contribution in [1.82, 2.24) is 15.5 Å². The van der Waals surface area contributed by atoms with Crippen LogP contribution in [0.1, 0.15) is 78.0 Å². The molecule has 43 heavy (non-hydrogen) atoms. The minimum absolute atomic E-state index is 0.00103. The Morgan fingerprint density at radius 3 is 1.88 bits per heavy atom.